The van der Waals surface area contributed by atoms with Crippen molar-refractivity contribution in [2.75, 3.05) is 6.61 Å². The Morgan fingerprint density at radius 2 is 1.82 bits per heavy atom. The Bertz CT molecular complexity index is 660. The molecule has 0 saturated carbocycles. The Kier molecular flexibility index (Phi) is 5.29. The van der Waals surface area contributed by atoms with Gasteiger partial charge >= 0.3 is 138 Å². The van der Waals surface area contributed by atoms with Crippen LogP contribution in [0.1, 0.15) is 18.9 Å². The first kappa shape index (κ1) is 17.8. The van der Waals surface area contributed by atoms with Crippen molar-refractivity contribution < 1.29 is 13.2 Å². The summed E-state index contributed by atoms with van der Waals surface area (Å²) in [7, 11) is -3.57. The van der Waals surface area contributed by atoms with Crippen LogP contribution in [0.2, 0.25) is 14.8 Å². The second-order valence-electron chi connectivity index (χ2n) is 6.60. The van der Waals surface area contributed by atoms with Crippen LogP contribution in [0.15, 0.2) is 38.9 Å². The summed E-state index contributed by atoms with van der Waals surface area (Å²) < 4.78 is 34.5. The van der Waals surface area contributed by atoms with E-state index in [4.69, 9.17) is 4.74 Å². The van der Waals surface area contributed by atoms with Crippen LogP contribution >= 0.6 is 0 Å². The van der Waals surface area contributed by atoms with Crippen LogP contribution in [0.25, 0.3) is 0 Å². The second kappa shape index (κ2) is 6.53. The Hall–Kier alpha value is -0.531. The van der Waals surface area contributed by atoms with Gasteiger partial charge in [-0.05, 0) is 0 Å². The molecule has 0 radical (unpaired) electrons. The van der Waals surface area contributed by atoms with Crippen LogP contribution in [-0.2, 0) is 14.8 Å². The maximum atomic E-state index is 13.1. The standard InChI is InChI=1S/C13H16NO3S.3CH3.Sn/c1-3-17-13-5-4-10-14(13)18(15,16)12-8-6-11(2)7-9-12;;;;/h4,6-9,13H,3,5H2,1-2H3;3*1H3;. The maximum absolute atomic E-state index is 13.1. The van der Waals surface area contributed by atoms with Crippen molar-refractivity contribution in [3.8, 4) is 0 Å². The predicted octanol–water partition coefficient (Wildman–Crippen LogP) is 3.51. The van der Waals surface area contributed by atoms with Crippen molar-refractivity contribution >= 4 is 28.4 Å². The van der Waals surface area contributed by atoms with E-state index in [-0.39, 0.29) is 0 Å². The van der Waals surface area contributed by atoms with Gasteiger partial charge in [-0.3, -0.25) is 0 Å². The molecule has 1 atom stereocenters. The zero-order chi connectivity index (χ0) is 16.5. The molecule has 0 N–H and O–H groups in total. The normalized spacial score (nSPS) is 19.4. The summed E-state index contributed by atoms with van der Waals surface area (Å²) in [6.45, 7) is 4.35. The molecule has 0 fully saturated rings. The molecule has 0 aliphatic carbocycles. The third kappa shape index (κ3) is 3.51. The van der Waals surface area contributed by atoms with Gasteiger partial charge in [0.2, 0.25) is 0 Å². The van der Waals surface area contributed by atoms with Crippen molar-refractivity contribution in [3.63, 3.8) is 0 Å². The summed E-state index contributed by atoms with van der Waals surface area (Å²) in [5, 5.41) is 0. The molecule has 1 aromatic rings. The first-order valence-corrected chi connectivity index (χ1v) is 19.0. The van der Waals surface area contributed by atoms with Crippen LogP contribution in [0.5, 0.6) is 0 Å². The second-order valence-corrected chi connectivity index (χ2v) is 22.7. The van der Waals surface area contributed by atoms with Crippen molar-refractivity contribution in [2.24, 2.45) is 0 Å². The molecule has 122 valence electrons. The summed E-state index contributed by atoms with van der Waals surface area (Å²) in [5.41, 5.74) is 1.05. The van der Waals surface area contributed by atoms with Gasteiger partial charge in [-0.2, -0.15) is 0 Å². The van der Waals surface area contributed by atoms with Crippen LogP contribution in [-0.4, -0.2) is 43.9 Å². The van der Waals surface area contributed by atoms with Crippen molar-refractivity contribution in [2.45, 2.75) is 46.2 Å². The topological polar surface area (TPSA) is 46.6 Å². The van der Waals surface area contributed by atoms with Crippen LogP contribution in [0.4, 0.5) is 0 Å². The van der Waals surface area contributed by atoms with Gasteiger partial charge in [-0.1, -0.05) is 0 Å². The Morgan fingerprint density at radius 1 is 1.23 bits per heavy atom. The summed E-state index contributed by atoms with van der Waals surface area (Å²) in [6.07, 6.45) is 2.31. The van der Waals surface area contributed by atoms with Gasteiger partial charge in [-0.25, -0.2) is 0 Å². The van der Waals surface area contributed by atoms with E-state index in [1.807, 2.05) is 26.0 Å². The fourth-order valence-corrected chi connectivity index (χ4v) is 11.4. The molecule has 1 heterocycles. The molecule has 0 amide bonds. The molecular weight excluding hydrogens is 405 g/mol. The van der Waals surface area contributed by atoms with Gasteiger partial charge in [0, 0.05) is 0 Å². The molecule has 6 heteroatoms. The fraction of sp³-hybridized carbons (Fsp3) is 0.500. The van der Waals surface area contributed by atoms with Gasteiger partial charge in [0.1, 0.15) is 0 Å². The minimum atomic E-state index is -3.57. The molecule has 1 aromatic carbocycles. The third-order valence-corrected chi connectivity index (χ3v) is 11.7. The summed E-state index contributed by atoms with van der Waals surface area (Å²) >= 11 is -2.56. The number of ether oxygens (including phenoxy) is 1. The first-order valence-electron chi connectivity index (χ1n) is 7.61. The van der Waals surface area contributed by atoms with Crippen molar-refractivity contribution in [3.05, 3.63) is 39.6 Å². The Labute approximate surface area is 138 Å². The van der Waals surface area contributed by atoms with Crippen LogP contribution < -0.4 is 0 Å². The summed E-state index contributed by atoms with van der Waals surface area (Å²) in [5.74, 6) is 0. The molecule has 0 saturated heterocycles. The quantitative estimate of drug-likeness (QED) is 0.672. The number of nitrogens with zero attached hydrogens (tertiary/aromatic N) is 1. The van der Waals surface area contributed by atoms with Gasteiger partial charge in [0.15, 0.2) is 0 Å². The summed E-state index contributed by atoms with van der Waals surface area (Å²) in [4.78, 5) is 7.03. The van der Waals surface area contributed by atoms with Gasteiger partial charge in [-0.15, -0.1) is 0 Å². The SMILES string of the molecule is CCOC1CC=[C]([Sn]([CH3])([CH3])[CH3])N1S(=O)(=O)c1ccc(C)cc1. The van der Waals surface area contributed by atoms with E-state index in [1.165, 1.54) is 0 Å². The minimum absolute atomic E-state index is 0.339. The number of hydrogen-bond donors (Lipinski definition) is 0. The van der Waals surface area contributed by atoms with Crippen LogP contribution in [0, 0.1) is 6.92 Å². The van der Waals surface area contributed by atoms with E-state index in [0.29, 0.717) is 17.9 Å². The molecule has 1 unspecified atom stereocenters. The zero-order valence-corrected chi connectivity index (χ0v) is 17.6. The molecule has 1 aliphatic rings. The van der Waals surface area contributed by atoms with Crippen LogP contribution in [0.3, 0.4) is 0 Å². The molecule has 0 spiro atoms. The molecule has 4 nitrogen and oxygen atoms in total. The summed E-state index contributed by atoms with van der Waals surface area (Å²) in [6, 6.07) is 7.04. The monoisotopic (exact) mass is 431 g/mol. The predicted molar refractivity (Wildman–Crippen MR) is 91.7 cm³/mol. The molecule has 1 aliphatic heterocycles. The van der Waals surface area contributed by atoms with Gasteiger partial charge in [0.05, 0.1) is 0 Å². The number of hydrogen-bond acceptors (Lipinski definition) is 3. The Balaban J connectivity index is 2.47. The average Bonchev–Trinajstić information content (AvgIpc) is 2.84. The van der Waals surface area contributed by atoms with Crippen molar-refractivity contribution in [1.29, 1.82) is 0 Å². The fourth-order valence-electron chi connectivity index (χ4n) is 2.63. The van der Waals surface area contributed by atoms with E-state index >= 15 is 0 Å². The molecule has 0 bridgehead atoms. The van der Waals surface area contributed by atoms with E-state index in [0.717, 1.165) is 9.28 Å². The van der Waals surface area contributed by atoms with Gasteiger partial charge in [0.25, 0.3) is 0 Å². The first-order chi connectivity index (χ1) is 10.2. The number of sulfonamides is 1. The number of rotatable bonds is 5. The molecule has 0 aromatic heterocycles. The van der Waals surface area contributed by atoms with Gasteiger partial charge < -0.3 is 0 Å². The molecular formula is C16H25NO3SSn. The van der Waals surface area contributed by atoms with E-state index in [2.05, 4.69) is 20.9 Å². The Morgan fingerprint density at radius 3 is 2.32 bits per heavy atom. The average molecular weight is 430 g/mol. The number of benzene rings is 1. The third-order valence-electron chi connectivity index (χ3n) is 3.72. The zero-order valence-electron chi connectivity index (χ0n) is 14.0. The molecule has 2 rings (SSSR count). The van der Waals surface area contributed by atoms with E-state index < -0.39 is 34.6 Å². The number of aryl methyl sites for hydroxylation is 1. The van der Waals surface area contributed by atoms with Crippen molar-refractivity contribution in [1.82, 2.24) is 4.31 Å². The van der Waals surface area contributed by atoms with E-state index in [9.17, 15) is 8.42 Å². The molecule has 22 heavy (non-hydrogen) atoms. The van der Waals surface area contributed by atoms with E-state index in [1.54, 1.807) is 16.4 Å².